The van der Waals surface area contributed by atoms with Crippen molar-refractivity contribution in [2.75, 3.05) is 13.2 Å². The summed E-state index contributed by atoms with van der Waals surface area (Å²) in [4.78, 5) is 0. The average molecular weight is 354 g/mol. The molecule has 0 amide bonds. The lowest BCUT2D eigenvalue weighted by Crippen LogP contribution is -2.36. The van der Waals surface area contributed by atoms with Crippen LogP contribution in [0.25, 0.3) is 0 Å². The van der Waals surface area contributed by atoms with Crippen LogP contribution in [0.3, 0.4) is 0 Å². The number of para-hydroxylation sites is 2. The lowest BCUT2D eigenvalue weighted by molar-refractivity contribution is -0.249. The lowest BCUT2D eigenvalue weighted by atomic mass is 10.0. The molecule has 0 aliphatic heterocycles. The van der Waals surface area contributed by atoms with Crippen LogP contribution in [0.2, 0.25) is 0 Å². The molecule has 0 unspecified atom stereocenters. The third-order valence-electron chi connectivity index (χ3n) is 3.50. The van der Waals surface area contributed by atoms with Gasteiger partial charge >= 0.3 is 0 Å². The van der Waals surface area contributed by atoms with Gasteiger partial charge in [-0.25, -0.2) is 0 Å². The highest BCUT2D eigenvalue weighted by molar-refractivity contribution is 5.47. The number of phenolic OH excluding ortho intramolecular Hbond substituents is 4. The quantitative estimate of drug-likeness (QED) is 0.251. The molecular weight excluding hydrogens is 336 g/mol. The largest absolute Gasteiger partial charge is 0.504 e. The molecule has 0 fully saturated rings. The molecule has 0 atom stereocenters. The van der Waals surface area contributed by atoms with Crippen LogP contribution in [0, 0.1) is 0 Å². The molecule has 2 rings (SSSR count). The number of phenols is 4. The number of aliphatic hydroxyl groups is 4. The summed E-state index contributed by atoms with van der Waals surface area (Å²) in [6.45, 7) is -1.79. The van der Waals surface area contributed by atoms with Crippen molar-refractivity contribution in [1.29, 1.82) is 0 Å². The maximum atomic E-state index is 9.96. The second-order valence-electron chi connectivity index (χ2n) is 5.47. The number of rotatable bonds is 6. The van der Waals surface area contributed by atoms with Crippen LogP contribution in [0.1, 0.15) is 11.1 Å². The van der Waals surface area contributed by atoms with Gasteiger partial charge in [0.1, 0.15) is 13.2 Å². The second kappa shape index (κ2) is 6.75. The predicted molar refractivity (Wildman–Crippen MR) is 82.6 cm³/mol. The van der Waals surface area contributed by atoms with E-state index in [2.05, 4.69) is 0 Å². The molecule has 136 valence electrons. The maximum absolute atomic E-state index is 9.96. The lowest BCUT2D eigenvalue weighted by Gasteiger charge is -2.27. The van der Waals surface area contributed by atoms with E-state index in [9.17, 15) is 40.9 Å². The number of aromatic hydroxyl groups is 4. The van der Waals surface area contributed by atoms with Gasteiger partial charge in [-0.15, -0.1) is 0 Å². The first-order valence-corrected chi connectivity index (χ1v) is 7.06. The molecule has 9 nitrogen and oxygen atoms in total. The summed E-state index contributed by atoms with van der Waals surface area (Å²) < 4.78 is 4.88. The molecule has 9 heteroatoms. The van der Waals surface area contributed by atoms with Crippen molar-refractivity contribution in [3.05, 3.63) is 47.5 Å². The molecule has 0 spiro atoms. The van der Waals surface area contributed by atoms with Crippen LogP contribution < -0.4 is 0 Å². The van der Waals surface area contributed by atoms with Gasteiger partial charge in [0.25, 0.3) is 0 Å². The second-order valence-corrected chi connectivity index (χ2v) is 5.47. The van der Waals surface area contributed by atoms with Gasteiger partial charge in [-0.3, -0.25) is 0 Å². The van der Waals surface area contributed by atoms with Gasteiger partial charge in [0.15, 0.2) is 23.0 Å². The van der Waals surface area contributed by atoms with Crippen LogP contribution >= 0.6 is 0 Å². The summed E-state index contributed by atoms with van der Waals surface area (Å²) in [5.41, 5.74) is -0.900. The van der Waals surface area contributed by atoms with Gasteiger partial charge < -0.3 is 45.6 Å². The standard InChI is InChI=1S/C16H18O9/c17-11-5-1-3-9(13(11)19)15(21,22)7-25-8-16(23,24)10-4-2-6-12(18)14(10)20/h1-6,17-24H,7-8H2. The Hall–Kier alpha value is -2.56. The highest BCUT2D eigenvalue weighted by atomic mass is 16.6. The molecule has 2 aromatic rings. The summed E-state index contributed by atoms with van der Waals surface area (Å²) >= 11 is 0. The zero-order chi connectivity index (χ0) is 18.8. The topological polar surface area (TPSA) is 171 Å². The summed E-state index contributed by atoms with van der Waals surface area (Å²) in [7, 11) is 0. The van der Waals surface area contributed by atoms with Gasteiger partial charge in [-0.05, 0) is 24.3 Å². The van der Waals surface area contributed by atoms with Crippen LogP contribution in [0.4, 0.5) is 0 Å². The van der Waals surface area contributed by atoms with Crippen LogP contribution in [0.15, 0.2) is 36.4 Å². The molecule has 0 aliphatic rings. The van der Waals surface area contributed by atoms with E-state index in [4.69, 9.17) is 4.74 Å². The van der Waals surface area contributed by atoms with Gasteiger partial charge in [0, 0.05) is 0 Å². The average Bonchev–Trinajstić information content (AvgIpc) is 2.52. The zero-order valence-corrected chi connectivity index (χ0v) is 12.9. The van der Waals surface area contributed by atoms with E-state index in [-0.39, 0.29) is 0 Å². The van der Waals surface area contributed by atoms with Gasteiger partial charge in [0.05, 0.1) is 11.1 Å². The Bertz CT molecular complexity index is 692. The van der Waals surface area contributed by atoms with E-state index >= 15 is 0 Å². The van der Waals surface area contributed by atoms with Crippen molar-refractivity contribution < 1.29 is 45.6 Å². The Balaban J connectivity index is 2.10. The molecule has 8 N–H and O–H groups in total. The Morgan fingerprint density at radius 1 is 0.640 bits per heavy atom. The molecule has 0 aromatic heterocycles. The third-order valence-corrected chi connectivity index (χ3v) is 3.50. The zero-order valence-electron chi connectivity index (χ0n) is 12.9. The molecule has 0 saturated carbocycles. The first-order valence-electron chi connectivity index (χ1n) is 7.06. The first-order chi connectivity index (χ1) is 11.6. The fourth-order valence-corrected chi connectivity index (χ4v) is 2.20. The fraction of sp³-hybridized carbons (Fsp3) is 0.250. The molecular formula is C16H18O9. The molecule has 0 heterocycles. The van der Waals surface area contributed by atoms with Crippen molar-refractivity contribution in [1.82, 2.24) is 0 Å². The Morgan fingerprint density at radius 3 is 1.36 bits per heavy atom. The smallest absolute Gasteiger partial charge is 0.217 e. The van der Waals surface area contributed by atoms with E-state index < -0.39 is 58.9 Å². The van der Waals surface area contributed by atoms with Crippen LogP contribution in [0.5, 0.6) is 23.0 Å². The van der Waals surface area contributed by atoms with Crippen molar-refractivity contribution in [2.24, 2.45) is 0 Å². The molecule has 0 saturated heterocycles. The van der Waals surface area contributed by atoms with Crippen LogP contribution in [-0.4, -0.2) is 54.1 Å². The minimum absolute atomic E-state index is 0.450. The number of benzene rings is 2. The van der Waals surface area contributed by atoms with Crippen molar-refractivity contribution in [3.8, 4) is 23.0 Å². The Morgan fingerprint density at radius 2 is 1.00 bits per heavy atom. The van der Waals surface area contributed by atoms with E-state index in [1.54, 1.807) is 0 Å². The van der Waals surface area contributed by atoms with Gasteiger partial charge in [-0.1, -0.05) is 12.1 Å². The first kappa shape index (κ1) is 18.8. The predicted octanol–water partition coefficient (Wildman–Crippen LogP) is -0.499. The summed E-state index contributed by atoms with van der Waals surface area (Å²) in [6.07, 6.45) is 0. The number of ether oxygens (including phenoxy) is 1. The molecule has 0 bridgehead atoms. The van der Waals surface area contributed by atoms with Gasteiger partial charge in [-0.2, -0.15) is 0 Å². The fourth-order valence-electron chi connectivity index (χ4n) is 2.20. The normalized spacial score (nSPS) is 12.3. The highest BCUT2D eigenvalue weighted by Gasteiger charge is 2.35. The number of hydrogen-bond acceptors (Lipinski definition) is 9. The summed E-state index contributed by atoms with van der Waals surface area (Å²) in [5.74, 6) is -8.15. The summed E-state index contributed by atoms with van der Waals surface area (Å²) in [5, 5.41) is 77.9. The third kappa shape index (κ3) is 3.92. The molecule has 0 aliphatic carbocycles. The molecule has 0 radical (unpaired) electrons. The van der Waals surface area contributed by atoms with Crippen molar-refractivity contribution >= 4 is 0 Å². The van der Waals surface area contributed by atoms with Gasteiger partial charge in [0.2, 0.25) is 11.6 Å². The van der Waals surface area contributed by atoms with Crippen molar-refractivity contribution in [2.45, 2.75) is 11.6 Å². The monoisotopic (exact) mass is 354 g/mol. The van der Waals surface area contributed by atoms with E-state index in [0.29, 0.717) is 0 Å². The highest BCUT2D eigenvalue weighted by Crippen LogP contribution is 2.36. The molecule has 25 heavy (non-hydrogen) atoms. The van der Waals surface area contributed by atoms with Crippen molar-refractivity contribution in [3.63, 3.8) is 0 Å². The van der Waals surface area contributed by atoms with E-state index in [0.717, 1.165) is 24.3 Å². The van der Waals surface area contributed by atoms with E-state index in [1.165, 1.54) is 12.1 Å². The SMILES string of the molecule is Oc1cccc(C(O)(O)COCC(O)(O)c2cccc(O)c2O)c1O. The Kier molecular flexibility index (Phi) is 5.07. The Labute approximate surface area is 141 Å². The summed E-state index contributed by atoms with van der Waals surface area (Å²) in [6, 6.07) is 7.05. The molecule has 2 aromatic carbocycles. The van der Waals surface area contributed by atoms with E-state index in [1.807, 2.05) is 0 Å². The van der Waals surface area contributed by atoms with Crippen LogP contribution in [-0.2, 0) is 16.3 Å². The minimum Gasteiger partial charge on any atom is -0.504 e. The number of hydrogen-bond donors (Lipinski definition) is 8. The maximum Gasteiger partial charge on any atom is 0.217 e. The minimum atomic E-state index is -2.74.